The first kappa shape index (κ1) is 19.8. The van der Waals surface area contributed by atoms with Gasteiger partial charge in [-0.05, 0) is 44.5 Å². The molecule has 0 aliphatic carbocycles. The van der Waals surface area contributed by atoms with E-state index in [4.69, 9.17) is 9.47 Å². The Hall–Kier alpha value is -2.51. The smallest absolute Gasteiger partial charge is 0.421 e. The summed E-state index contributed by atoms with van der Waals surface area (Å²) in [5, 5.41) is 0. The maximum atomic E-state index is 13.3. The molecule has 5 nitrogen and oxygen atoms in total. The van der Waals surface area contributed by atoms with Crippen molar-refractivity contribution < 1.29 is 22.6 Å². The quantitative estimate of drug-likeness (QED) is 0.699. The first-order chi connectivity index (χ1) is 12.2. The minimum Gasteiger partial charge on any atom is -0.491 e. The van der Waals surface area contributed by atoms with Gasteiger partial charge in [-0.15, -0.1) is 0 Å². The van der Waals surface area contributed by atoms with Crippen molar-refractivity contribution in [3.8, 4) is 11.8 Å². The standard InChI is InChI=1S/C18H22F3N3O2/c1-5-10-25-17-22-11-15(18(19,20)21)16(23-17)24(4)13-6-8-14(9-7-13)26-12(2)3/h6-9,11-12H,5,10H2,1-4H3. The second-order valence-corrected chi connectivity index (χ2v) is 5.96. The average Bonchev–Trinajstić information content (AvgIpc) is 2.58. The van der Waals surface area contributed by atoms with Crippen molar-refractivity contribution in [2.45, 2.75) is 39.5 Å². The molecule has 0 aliphatic rings. The number of nitrogens with zero attached hydrogens (tertiary/aromatic N) is 3. The van der Waals surface area contributed by atoms with Crippen LogP contribution < -0.4 is 14.4 Å². The summed E-state index contributed by atoms with van der Waals surface area (Å²) < 4.78 is 50.9. The van der Waals surface area contributed by atoms with E-state index in [2.05, 4.69) is 9.97 Å². The summed E-state index contributed by atoms with van der Waals surface area (Å²) in [6, 6.07) is 6.67. The van der Waals surface area contributed by atoms with Crippen LogP contribution in [0.3, 0.4) is 0 Å². The molecule has 0 aliphatic heterocycles. The predicted octanol–water partition coefficient (Wildman–Crippen LogP) is 4.84. The zero-order valence-electron chi connectivity index (χ0n) is 15.2. The highest BCUT2D eigenvalue weighted by molar-refractivity contribution is 5.63. The minimum absolute atomic E-state index is 0.00977. The van der Waals surface area contributed by atoms with E-state index in [0.29, 0.717) is 24.5 Å². The van der Waals surface area contributed by atoms with Crippen LogP contribution >= 0.6 is 0 Å². The zero-order chi connectivity index (χ0) is 19.3. The van der Waals surface area contributed by atoms with Gasteiger partial charge >= 0.3 is 12.2 Å². The topological polar surface area (TPSA) is 47.5 Å². The van der Waals surface area contributed by atoms with Crippen LogP contribution in [0.1, 0.15) is 32.8 Å². The monoisotopic (exact) mass is 369 g/mol. The van der Waals surface area contributed by atoms with E-state index < -0.39 is 11.7 Å². The van der Waals surface area contributed by atoms with Crippen LogP contribution in [0.4, 0.5) is 24.7 Å². The number of ether oxygens (including phenoxy) is 2. The number of halogens is 3. The van der Waals surface area contributed by atoms with Crippen molar-refractivity contribution in [1.82, 2.24) is 9.97 Å². The fraction of sp³-hybridized carbons (Fsp3) is 0.444. The maximum absolute atomic E-state index is 13.3. The van der Waals surface area contributed by atoms with Gasteiger partial charge in [-0.25, -0.2) is 4.98 Å². The summed E-state index contributed by atoms with van der Waals surface area (Å²) in [7, 11) is 1.51. The molecule has 0 amide bonds. The molecule has 1 heterocycles. The van der Waals surface area contributed by atoms with E-state index in [-0.39, 0.29) is 17.9 Å². The fourth-order valence-corrected chi connectivity index (χ4v) is 2.22. The first-order valence-corrected chi connectivity index (χ1v) is 8.29. The Morgan fingerprint density at radius 2 is 1.81 bits per heavy atom. The lowest BCUT2D eigenvalue weighted by molar-refractivity contribution is -0.137. The number of anilines is 2. The molecule has 0 bridgehead atoms. The first-order valence-electron chi connectivity index (χ1n) is 8.29. The van der Waals surface area contributed by atoms with Gasteiger partial charge in [-0.3, -0.25) is 0 Å². The molecular formula is C18H22F3N3O2. The summed E-state index contributed by atoms with van der Waals surface area (Å²) in [5.41, 5.74) is -0.391. The van der Waals surface area contributed by atoms with Gasteiger partial charge in [0.1, 0.15) is 11.3 Å². The van der Waals surface area contributed by atoms with Crippen molar-refractivity contribution >= 4 is 11.5 Å². The number of hydrogen-bond acceptors (Lipinski definition) is 5. The molecule has 0 unspecified atom stereocenters. The maximum Gasteiger partial charge on any atom is 0.421 e. The van der Waals surface area contributed by atoms with Gasteiger partial charge in [-0.1, -0.05) is 6.92 Å². The molecule has 1 aromatic carbocycles. The second kappa shape index (κ2) is 8.25. The molecule has 0 spiro atoms. The number of benzene rings is 1. The third-order valence-electron chi connectivity index (χ3n) is 3.40. The highest BCUT2D eigenvalue weighted by atomic mass is 19.4. The lowest BCUT2D eigenvalue weighted by atomic mass is 10.2. The number of aromatic nitrogens is 2. The Labute approximate surface area is 150 Å². The van der Waals surface area contributed by atoms with E-state index in [1.54, 1.807) is 24.3 Å². The van der Waals surface area contributed by atoms with Gasteiger partial charge in [0.2, 0.25) is 0 Å². The largest absolute Gasteiger partial charge is 0.491 e. The molecule has 0 atom stereocenters. The third-order valence-corrected chi connectivity index (χ3v) is 3.40. The Balaban J connectivity index is 2.37. The fourth-order valence-electron chi connectivity index (χ4n) is 2.22. The summed E-state index contributed by atoms with van der Waals surface area (Å²) in [6.07, 6.45) is -3.11. The summed E-state index contributed by atoms with van der Waals surface area (Å²) >= 11 is 0. The van der Waals surface area contributed by atoms with Crippen molar-refractivity contribution in [3.05, 3.63) is 36.0 Å². The van der Waals surface area contributed by atoms with E-state index in [0.717, 1.165) is 6.20 Å². The van der Waals surface area contributed by atoms with Crippen LogP contribution in [0.5, 0.6) is 11.8 Å². The van der Waals surface area contributed by atoms with Crippen LogP contribution in [0.2, 0.25) is 0 Å². The van der Waals surface area contributed by atoms with Crippen LogP contribution in [-0.4, -0.2) is 29.7 Å². The summed E-state index contributed by atoms with van der Waals surface area (Å²) in [6.45, 7) is 6.01. The van der Waals surface area contributed by atoms with Gasteiger partial charge in [-0.2, -0.15) is 18.2 Å². The van der Waals surface area contributed by atoms with Crippen LogP contribution in [0.15, 0.2) is 30.5 Å². The number of hydrogen-bond donors (Lipinski definition) is 0. The normalized spacial score (nSPS) is 11.5. The molecule has 0 saturated heterocycles. The summed E-state index contributed by atoms with van der Waals surface area (Å²) in [5.74, 6) is 0.374. The number of rotatable bonds is 7. The van der Waals surface area contributed by atoms with Gasteiger partial charge in [0.15, 0.2) is 5.82 Å². The van der Waals surface area contributed by atoms with Gasteiger partial charge < -0.3 is 14.4 Å². The molecule has 8 heteroatoms. The molecule has 1 aromatic heterocycles. The number of alkyl halides is 3. The highest BCUT2D eigenvalue weighted by Crippen LogP contribution is 2.38. The lowest BCUT2D eigenvalue weighted by Crippen LogP contribution is -2.19. The molecule has 0 radical (unpaired) electrons. The highest BCUT2D eigenvalue weighted by Gasteiger charge is 2.36. The van der Waals surface area contributed by atoms with Crippen LogP contribution in [0, 0.1) is 0 Å². The van der Waals surface area contributed by atoms with E-state index in [1.165, 1.54) is 11.9 Å². The van der Waals surface area contributed by atoms with Crippen molar-refractivity contribution in [3.63, 3.8) is 0 Å². The Morgan fingerprint density at radius 3 is 2.35 bits per heavy atom. The SMILES string of the molecule is CCCOc1ncc(C(F)(F)F)c(N(C)c2ccc(OC(C)C)cc2)n1. The van der Waals surface area contributed by atoms with Crippen LogP contribution in [0.25, 0.3) is 0 Å². The Bertz CT molecular complexity index is 719. The van der Waals surface area contributed by atoms with Gasteiger partial charge in [0.05, 0.1) is 12.7 Å². The van der Waals surface area contributed by atoms with Crippen molar-refractivity contribution in [2.24, 2.45) is 0 Å². The molecule has 0 saturated carbocycles. The third kappa shape index (κ3) is 5.00. The molecule has 2 rings (SSSR count). The molecule has 26 heavy (non-hydrogen) atoms. The van der Waals surface area contributed by atoms with Gasteiger partial charge in [0, 0.05) is 18.9 Å². The molecule has 0 N–H and O–H groups in total. The second-order valence-electron chi connectivity index (χ2n) is 5.96. The Kier molecular flexibility index (Phi) is 6.28. The lowest BCUT2D eigenvalue weighted by Gasteiger charge is -2.23. The zero-order valence-corrected chi connectivity index (χ0v) is 15.2. The molecule has 142 valence electrons. The minimum atomic E-state index is -4.58. The van der Waals surface area contributed by atoms with Crippen molar-refractivity contribution in [2.75, 3.05) is 18.6 Å². The molecular weight excluding hydrogens is 347 g/mol. The van der Waals surface area contributed by atoms with Crippen molar-refractivity contribution in [1.29, 1.82) is 0 Å². The van der Waals surface area contributed by atoms with E-state index >= 15 is 0 Å². The van der Waals surface area contributed by atoms with Gasteiger partial charge in [0.25, 0.3) is 0 Å². The van der Waals surface area contributed by atoms with E-state index in [9.17, 15) is 13.2 Å². The molecule has 2 aromatic rings. The molecule has 0 fully saturated rings. The average molecular weight is 369 g/mol. The predicted molar refractivity (Wildman–Crippen MR) is 93.1 cm³/mol. The Morgan fingerprint density at radius 1 is 1.15 bits per heavy atom. The summed E-state index contributed by atoms with van der Waals surface area (Å²) in [4.78, 5) is 8.98. The van der Waals surface area contributed by atoms with E-state index in [1.807, 2.05) is 20.8 Å². The van der Waals surface area contributed by atoms with Crippen LogP contribution in [-0.2, 0) is 6.18 Å².